The second kappa shape index (κ2) is 4.53. The third-order valence-corrected chi connectivity index (χ3v) is 2.89. The highest BCUT2D eigenvalue weighted by molar-refractivity contribution is 6.01. The van der Waals surface area contributed by atoms with Gasteiger partial charge < -0.3 is 4.74 Å². The number of cyclic esters (lactones) is 1. The zero-order chi connectivity index (χ0) is 13.2. The van der Waals surface area contributed by atoms with Gasteiger partial charge in [-0.2, -0.15) is 0 Å². The minimum Gasteiger partial charge on any atom is -0.409 e. The first kappa shape index (κ1) is 11.4. The number of nitrogens with zero attached hydrogens (tertiary/aromatic N) is 3. The van der Waals surface area contributed by atoms with Crippen molar-refractivity contribution in [3.05, 3.63) is 54.1 Å². The summed E-state index contributed by atoms with van der Waals surface area (Å²) in [5, 5.41) is 0. The number of para-hydroxylation sites is 1. The predicted molar refractivity (Wildman–Crippen MR) is 71.2 cm³/mol. The number of anilines is 1. The molecular formula is C14H11N3O2. The van der Waals surface area contributed by atoms with Crippen molar-refractivity contribution < 1.29 is 9.53 Å². The Bertz CT molecular complexity index is 653. The zero-order valence-corrected chi connectivity index (χ0v) is 10.3. The van der Waals surface area contributed by atoms with E-state index in [1.54, 1.807) is 25.4 Å². The summed E-state index contributed by atoms with van der Waals surface area (Å²) < 4.78 is 5.32. The van der Waals surface area contributed by atoms with E-state index in [4.69, 9.17) is 4.74 Å². The average Bonchev–Trinajstić information content (AvgIpc) is 2.46. The third kappa shape index (κ3) is 2.06. The second-order valence-corrected chi connectivity index (χ2v) is 4.09. The first-order valence-electron chi connectivity index (χ1n) is 5.78. The molecule has 94 valence electrons. The molecule has 0 atom stereocenters. The van der Waals surface area contributed by atoms with Crippen LogP contribution in [0.15, 0.2) is 42.9 Å². The zero-order valence-electron chi connectivity index (χ0n) is 10.3. The highest BCUT2D eigenvalue weighted by atomic mass is 16.6. The fourth-order valence-electron chi connectivity index (χ4n) is 1.92. The Labute approximate surface area is 110 Å². The maximum Gasteiger partial charge on any atom is 0.419 e. The van der Waals surface area contributed by atoms with Gasteiger partial charge in [0.05, 0.1) is 11.4 Å². The van der Waals surface area contributed by atoms with Crippen LogP contribution in [-0.2, 0) is 4.74 Å². The summed E-state index contributed by atoms with van der Waals surface area (Å²) in [5.41, 5.74) is 2.37. The van der Waals surface area contributed by atoms with E-state index in [0.29, 0.717) is 11.5 Å². The maximum atomic E-state index is 11.8. The Morgan fingerprint density at radius 3 is 2.89 bits per heavy atom. The molecule has 19 heavy (non-hydrogen) atoms. The molecule has 1 amide bonds. The van der Waals surface area contributed by atoms with Crippen molar-refractivity contribution in [3.63, 3.8) is 0 Å². The second-order valence-electron chi connectivity index (χ2n) is 4.09. The number of fused-ring (bicyclic) bond motifs is 1. The molecule has 0 spiro atoms. The summed E-state index contributed by atoms with van der Waals surface area (Å²) in [7, 11) is 1.68. The predicted octanol–water partition coefficient (Wildman–Crippen LogP) is 2.56. The average molecular weight is 253 g/mol. The Hall–Kier alpha value is -2.69. The van der Waals surface area contributed by atoms with Crippen LogP contribution in [-0.4, -0.2) is 23.1 Å². The van der Waals surface area contributed by atoms with Gasteiger partial charge in [0.2, 0.25) is 0 Å². The van der Waals surface area contributed by atoms with Crippen LogP contribution in [0, 0.1) is 0 Å². The van der Waals surface area contributed by atoms with Crippen LogP contribution in [0.5, 0.6) is 0 Å². The van der Waals surface area contributed by atoms with Crippen LogP contribution in [0.3, 0.4) is 0 Å². The van der Waals surface area contributed by atoms with Gasteiger partial charge in [0.15, 0.2) is 0 Å². The summed E-state index contributed by atoms with van der Waals surface area (Å²) in [5.74, 6) is 0.498. The molecule has 0 unspecified atom stereocenters. The third-order valence-electron chi connectivity index (χ3n) is 2.89. The lowest BCUT2D eigenvalue weighted by Gasteiger charge is -2.26. The normalized spacial score (nSPS) is 16.2. The molecule has 5 nitrogen and oxygen atoms in total. The van der Waals surface area contributed by atoms with Gasteiger partial charge in [0.1, 0.15) is 12.1 Å². The number of rotatable bonds is 1. The Balaban J connectivity index is 2.11. The first-order chi connectivity index (χ1) is 9.25. The Morgan fingerprint density at radius 2 is 2.11 bits per heavy atom. The number of ether oxygens (including phenoxy) is 1. The van der Waals surface area contributed by atoms with Crippen molar-refractivity contribution >= 4 is 23.6 Å². The Morgan fingerprint density at radius 1 is 1.26 bits per heavy atom. The highest BCUT2D eigenvalue weighted by Crippen LogP contribution is 2.33. The van der Waals surface area contributed by atoms with Crippen LogP contribution in [0.2, 0.25) is 0 Å². The van der Waals surface area contributed by atoms with E-state index in [1.165, 1.54) is 11.2 Å². The van der Waals surface area contributed by atoms with Crippen LogP contribution in [0.25, 0.3) is 11.8 Å². The highest BCUT2D eigenvalue weighted by Gasteiger charge is 2.25. The number of hydrogen-bond donors (Lipinski definition) is 0. The van der Waals surface area contributed by atoms with Gasteiger partial charge in [-0.05, 0) is 18.2 Å². The lowest BCUT2D eigenvalue weighted by molar-refractivity contribution is 0.199. The SMILES string of the molecule is CN1C(=O)O/C(=C\c2ccncn2)c2ccccc21. The van der Waals surface area contributed by atoms with E-state index < -0.39 is 6.09 Å². The fraction of sp³-hybridized carbons (Fsp3) is 0.0714. The van der Waals surface area contributed by atoms with Crippen LogP contribution in [0.4, 0.5) is 10.5 Å². The van der Waals surface area contributed by atoms with Gasteiger partial charge in [-0.25, -0.2) is 14.8 Å². The number of carbonyl (C=O) groups excluding carboxylic acids is 1. The molecule has 1 aromatic carbocycles. The lowest BCUT2D eigenvalue weighted by atomic mass is 10.1. The molecule has 0 radical (unpaired) electrons. The summed E-state index contributed by atoms with van der Waals surface area (Å²) in [4.78, 5) is 21.2. The van der Waals surface area contributed by atoms with Gasteiger partial charge in [0, 0.05) is 24.9 Å². The van der Waals surface area contributed by atoms with Gasteiger partial charge in [-0.1, -0.05) is 12.1 Å². The van der Waals surface area contributed by atoms with E-state index in [9.17, 15) is 4.79 Å². The van der Waals surface area contributed by atoms with Gasteiger partial charge >= 0.3 is 6.09 Å². The molecule has 0 N–H and O–H groups in total. The van der Waals surface area contributed by atoms with Crippen LogP contribution >= 0.6 is 0 Å². The fourth-order valence-corrected chi connectivity index (χ4v) is 1.92. The Kier molecular flexibility index (Phi) is 2.72. The summed E-state index contributed by atoms with van der Waals surface area (Å²) in [6.45, 7) is 0. The number of aromatic nitrogens is 2. The first-order valence-corrected chi connectivity index (χ1v) is 5.78. The maximum absolute atomic E-state index is 11.8. The van der Waals surface area contributed by atoms with Gasteiger partial charge in [-0.15, -0.1) is 0 Å². The number of amides is 1. The monoisotopic (exact) mass is 253 g/mol. The van der Waals surface area contributed by atoms with E-state index in [2.05, 4.69) is 9.97 Å². The smallest absolute Gasteiger partial charge is 0.409 e. The minimum atomic E-state index is -0.404. The molecule has 2 heterocycles. The topological polar surface area (TPSA) is 55.3 Å². The molecule has 0 aliphatic carbocycles. The van der Waals surface area contributed by atoms with Crippen molar-refractivity contribution in [1.82, 2.24) is 9.97 Å². The molecule has 2 aromatic rings. The standard InChI is InChI=1S/C14H11N3O2/c1-17-12-5-3-2-4-11(12)13(19-14(17)18)8-10-6-7-15-9-16-10/h2-9H,1H3/b13-8-. The van der Waals surface area contributed by atoms with Crippen molar-refractivity contribution in [2.75, 3.05) is 11.9 Å². The molecule has 0 saturated carbocycles. The molecule has 3 rings (SSSR count). The minimum absolute atomic E-state index is 0.404. The number of benzene rings is 1. The van der Waals surface area contributed by atoms with Crippen LogP contribution < -0.4 is 4.90 Å². The van der Waals surface area contributed by atoms with Crippen molar-refractivity contribution in [2.24, 2.45) is 0 Å². The molecule has 5 heteroatoms. The molecule has 1 aliphatic heterocycles. The summed E-state index contributed by atoms with van der Waals surface area (Å²) >= 11 is 0. The quantitative estimate of drug-likeness (QED) is 0.783. The molecule has 0 bridgehead atoms. The summed E-state index contributed by atoms with van der Waals surface area (Å²) in [6.07, 6.45) is 4.42. The van der Waals surface area contributed by atoms with Gasteiger partial charge in [0.25, 0.3) is 0 Å². The van der Waals surface area contributed by atoms with Crippen molar-refractivity contribution in [1.29, 1.82) is 0 Å². The molecule has 1 aliphatic rings. The van der Waals surface area contributed by atoms with E-state index in [0.717, 1.165) is 11.3 Å². The van der Waals surface area contributed by atoms with E-state index >= 15 is 0 Å². The van der Waals surface area contributed by atoms with E-state index in [-0.39, 0.29) is 0 Å². The lowest BCUT2D eigenvalue weighted by Crippen LogP contribution is -2.31. The van der Waals surface area contributed by atoms with Crippen molar-refractivity contribution in [2.45, 2.75) is 0 Å². The molecule has 0 saturated heterocycles. The largest absolute Gasteiger partial charge is 0.419 e. The van der Waals surface area contributed by atoms with Gasteiger partial charge in [-0.3, -0.25) is 4.90 Å². The van der Waals surface area contributed by atoms with E-state index in [1.807, 2.05) is 24.3 Å². The van der Waals surface area contributed by atoms with Crippen molar-refractivity contribution in [3.8, 4) is 0 Å². The molecule has 0 fully saturated rings. The number of carbonyl (C=O) groups is 1. The number of hydrogen-bond acceptors (Lipinski definition) is 4. The molecular weight excluding hydrogens is 242 g/mol. The van der Waals surface area contributed by atoms with Crippen LogP contribution in [0.1, 0.15) is 11.3 Å². The summed E-state index contributed by atoms with van der Waals surface area (Å²) in [6, 6.07) is 9.33. The molecule has 1 aromatic heterocycles.